The summed E-state index contributed by atoms with van der Waals surface area (Å²) in [5.74, 6) is 0. The van der Waals surface area contributed by atoms with Crippen molar-refractivity contribution in [3.05, 3.63) is 63.1 Å². The fraction of sp³-hybridized carbons (Fsp3) is 0.133. The molecule has 0 fully saturated rings. The van der Waals surface area contributed by atoms with Crippen LogP contribution in [0.3, 0.4) is 0 Å². The third-order valence-electron chi connectivity index (χ3n) is 3.02. The SMILES string of the molecule is CN(Cc1ccccc1Br)c1ccc(C(N)=S)c(Cl)c1. The van der Waals surface area contributed by atoms with Crippen molar-refractivity contribution in [3.63, 3.8) is 0 Å². The minimum absolute atomic E-state index is 0.315. The number of hydrogen-bond donors (Lipinski definition) is 1. The van der Waals surface area contributed by atoms with Crippen molar-refractivity contribution in [1.82, 2.24) is 0 Å². The first-order valence-corrected chi connectivity index (χ1v) is 7.61. The average molecular weight is 370 g/mol. The quantitative estimate of drug-likeness (QED) is 0.811. The summed E-state index contributed by atoms with van der Waals surface area (Å²) in [7, 11) is 2.02. The summed E-state index contributed by atoms with van der Waals surface area (Å²) in [6.45, 7) is 0.782. The molecule has 2 aromatic rings. The molecule has 0 aliphatic rings. The van der Waals surface area contributed by atoms with Gasteiger partial charge in [0.2, 0.25) is 0 Å². The Kier molecular flexibility index (Phi) is 5.02. The van der Waals surface area contributed by atoms with E-state index < -0.39 is 0 Å². The molecule has 20 heavy (non-hydrogen) atoms. The van der Waals surface area contributed by atoms with Crippen LogP contribution in [-0.2, 0) is 6.54 Å². The Hall–Kier alpha value is -1.10. The first-order valence-electron chi connectivity index (χ1n) is 6.03. The van der Waals surface area contributed by atoms with E-state index in [9.17, 15) is 0 Å². The van der Waals surface area contributed by atoms with Gasteiger partial charge in [-0.05, 0) is 29.8 Å². The van der Waals surface area contributed by atoms with Gasteiger partial charge in [0, 0.05) is 29.3 Å². The van der Waals surface area contributed by atoms with Crippen LogP contribution in [0.5, 0.6) is 0 Å². The van der Waals surface area contributed by atoms with Crippen LogP contribution < -0.4 is 10.6 Å². The lowest BCUT2D eigenvalue weighted by Crippen LogP contribution is -2.17. The molecule has 0 spiro atoms. The molecule has 2 rings (SSSR count). The van der Waals surface area contributed by atoms with E-state index in [-0.39, 0.29) is 0 Å². The number of nitrogens with zero attached hydrogens (tertiary/aromatic N) is 1. The third kappa shape index (κ3) is 3.51. The van der Waals surface area contributed by atoms with Crippen LogP contribution in [0.2, 0.25) is 5.02 Å². The Labute approximate surface area is 137 Å². The zero-order valence-electron chi connectivity index (χ0n) is 10.9. The van der Waals surface area contributed by atoms with Crippen molar-refractivity contribution >= 4 is 50.4 Å². The number of hydrogen-bond acceptors (Lipinski definition) is 2. The van der Waals surface area contributed by atoms with Crippen molar-refractivity contribution in [2.24, 2.45) is 5.73 Å². The predicted octanol–water partition coefficient (Wildman–Crippen LogP) is 4.37. The van der Waals surface area contributed by atoms with Crippen LogP contribution in [0.15, 0.2) is 46.9 Å². The molecule has 0 bridgehead atoms. The molecule has 2 N–H and O–H groups in total. The van der Waals surface area contributed by atoms with Gasteiger partial charge in [-0.1, -0.05) is 57.9 Å². The van der Waals surface area contributed by atoms with Gasteiger partial charge in [0.1, 0.15) is 4.99 Å². The number of benzene rings is 2. The van der Waals surface area contributed by atoms with Gasteiger partial charge in [-0.25, -0.2) is 0 Å². The molecule has 2 aromatic carbocycles. The Morgan fingerprint density at radius 1 is 1.30 bits per heavy atom. The topological polar surface area (TPSA) is 29.3 Å². The smallest absolute Gasteiger partial charge is 0.105 e. The van der Waals surface area contributed by atoms with E-state index in [4.69, 9.17) is 29.6 Å². The van der Waals surface area contributed by atoms with E-state index in [2.05, 4.69) is 26.9 Å². The van der Waals surface area contributed by atoms with Crippen molar-refractivity contribution in [3.8, 4) is 0 Å². The second-order valence-corrected chi connectivity index (χ2v) is 6.18. The molecule has 5 heteroatoms. The van der Waals surface area contributed by atoms with Gasteiger partial charge in [0.25, 0.3) is 0 Å². The Balaban J connectivity index is 2.22. The van der Waals surface area contributed by atoms with Crippen LogP contribution in [0.4, 0.5) is 5.69 Å². The summed E-state index contributed by atoms with van der Waals surface area (Å²) in [5.41, 5.74) is 8.55. The normalized spacial score (nSPS) is 10.3. The molecule has 0 aliphatic carbocycles. The van der Waals surface area contributed by atoms with Crippen molar-refractivity contribution < 1.29 is 0 Å². The lowest BCUT2D eigenvalue weighted by atomic mass is 10.1. The standard InChI is InChI=1S/C15H14BrClN2S/c1-19(9-10-4-2-3-5-13(10)16)11-6-7-12(15(18)20)14(17)8-11/h2-8H,9H2,1H3,(H2,18,20). The minimum atomic E-state index is 0.315. The molecule has 0 radical (unpaired) electrons. The van der Waals surface area contributed by atoms with Gasteiger partial charge in [0.05, 0.1) is 5.02 Å². The molecular formula is C15H14BrClN2S. The maximum Gasteiger partial charge on any atom is 0.105 e. The van der Waals surface area contributed by atoms with Crippen LogP contribution in [0.25, 0.3) is 0 Å². The second-order valence-electron chi connectivity index (χ2n) is 4.48. The zero-order chi connectivity index (χ0) is 14.7. The summed E-state index contributed by atoms with van der Waals surface area (Å²) >= 11 is 14.7. The fourth-order valence-corrected chi connectivity index (χ4v) is 2.84. The molecule has 0 amide bonds. The number of thiocarbonyl (C=S) groups is 1. The van der Waals surface area contributed by atoms with Gasteiger partial charge in [-0.2, -0.15) is 0 Å². The summed E-state index contributed by atoms with van der Waals surface area (Å²) in [6, 6.07) is 13.9. The molecule has 0 unspecified atom stereocenters. The lowest BCUT2D eigenvalue weighted by molar-refractivity contribution is 0.918. The highest BCUT2D eigenvalue weighted by molar-refractivity contribution is 9.10. The van der Waals surface area contributed by atoms with E-state index in [1.165, 1.54) is 5.56 Å². The summed E-state index contributed by atoms with van der Waals surface area (Å²) in [4.78, 5) is 2.44. The fourth-order valence-electron chi connectivity index (χ4n) is 1.91. The van der Waals surface area contributed by atoms with Gasteiger partial charge in [-0.3, -0.25) is 0 Å². The van der Waals surface area contributed by atoms with Gasteiger partial charge in [0.15, 0.2) is 0 Å². The summed E-state index contributed by atoms with van der Waals surface area (Å²) in [5, 5.41) is 0.578. The molecule has 104 valence electrons. The Morgan fingerprint density at radius 3 is 2.60 bits per heavy atom. The zero-order valence-corrected chi connectivity index (χ0v) is 14.1. The third-order valence-corrected chi connectivity index (χ3v) is 4.33. The summed E-state index contributed by atoms with van der Waals surface area (Å²) in [6.07, 6.45) is 0. The van der Waals surface area contributed by atoms with Crippen molar-refractivity contribution in [2.45, 2.75) is 6.54 Å². The number of halogens is 2. The molecule has 0 atom stereocenters. The number of rotatable bonds is 4. The number of anilines is 1. The number of nitrogens with two attached hydrogens (primary N) is 1. The highest BCUT2D eigenvalue weighted by atomic mass is 79.9. The summed E-state index contributed by atoms with van der Waals surface area (Å²) < 4.78 is 1.10. The van der Waals surface area contributed by atoms with Crippen LogP contribution in [0.1, 0.15) is 11.1 Å². The average Bonchev–Trinajstić information content (AvgIpc) is 2.40. The molecule has 0 aromatic heterocycles. The Morgan fingerprint density at radius 2 is 2.00 bits per heavy atom. The predicted molar refractivity (Wildman–Crippen MR) is 93.6 cm³/mol. The van der Waals surface area contributed by atoms with E-state index in [1.807, 2.05) is 43.4 Å². The van der Waals surface area contributed by atoms with Gasteiger partial charge < -0.3 is 10.6 Å². The maximum absolute atomic E-state index is 6.20. The molecule has 2 nitrogen and oxygen atoms in total. The first-order chi connectivity index (χ1) is 9.49. The van der Waals surface area contributed by atoms with E-state index in [0.717, 1.165) is 16.7 Å². The lowest BCUT2D eigenvalue weighted by Gasteiger charge is -2.21. The largest absolute Gasteiger partial charge is 0.389 e. The maximum atomic E-state index is 6.20. The van der Waals surface area contributed by atoms with Gasteiger partial charge >= 0.3 is 0 Å². The monoisotopic (exact) mass is 368 g/mol. The van der Waals surface area contributed by atoms with Crippen LogP contribution >= 0.6 is 39.7 Å². The van der Waals surface area contributed by atoms with Crippen molar-refractivity contribution in [1.29, 1.82) is 0 Å². The molecule has 0 saturated heterocycles. The highest BCUT2D eigenvalue weighted by Gasteiger charge is 2.09. The molecule has 0 saturated carbocycles. The second kappa shape index (κ2) is 6.57. The molecular weight excluding hydrogens is 356 g/mol. The first kappa shape index (κ1) is 15.3. The van der Waals surface area contributed by atoms with E-state index in [0.29, 0.717) is 15.6 Å². The van der Waals surface area contributed by atoms with Crippen LogP contribution in [-0.4, -0.2) is 12.0 Å². The van der Waals surface area contributed by atoms with E-state index in [1.54, 1.807) is 0 Å². The van der Waals surface area contributed by atoms with Crippen molar-refractivity contribution in [2.75, 3.05) is 11.9 Å². The van der Waals surface area contributed by atoms with Gasteiger partial charge in [-0.15, -0.1) is 0 Å². The van der Waals surface area contributed by atoms with Crippen LogP contribution in [0, 0.1) is 0 Å². The molecule has 0 aliphatic heterocycles. The Bertz CT molecular complexity index is 646. The molecule has 0 heterocycles. The minimum Gasteiger partial charge on any atom is -0.389 e. The van der Waals surface area contributed by atoms with E-state index >= 15 is 0 Å². The highest BCUT2D eigenvalue weighted by Crippen LogP contribution is 2.25.